The number of nitrogens with zero attached hydrogens (tertiary/aromatic N) is 1. The van der Waals surface area contributed by atoms with Crippen LogP contribution in [0.15, 0.2) is 22.5 Å². The zero-order valence-corrected chi connectivity index (χ0v) is 15.1. The molecule has 0 spiro atoms. The zero-order chi connectivity index (χ0) is 20.9. The Bertz CT molecular complexity index is 941. The van der Waals surface area contributed by atoms with Crippen LogP contribution >= 0.6 is 0 Å². The number of likely N-dealkylation sites (N-methyl/N-ethyl adjacent to an activating group) is 1. The molecule has 10 heteroatoms. The molecule has 2 heterocycles. The van der Waals surface area contributed by atoms with E-state index in [9.17, 15) is 31.5 Å². The van der Waals surface area contributed by atoms with Gasteiger partial charge < -0.3 is 10.1 Å². The second kappa shape index (κ2) is 7.01. The first kappa shape index (κ1) is 20.0. The van der Waals surface area contributed by atoms with Gasteiger partial charge in [0.05, 0.1) is 25.1 Å². The van der Waals surface area contributed by atoms with Crippen LogP contribution in [0.3, 0.4) is 0 Å². The molecule has 150 valence electrons. The summed E-state index contributed by atoms with van der Waals surface area (Å²) in [4.78, 5) is 26.5. The summed E-state index contributed by atoms with van der Waals surface area (Å²) in [6.45, 7) is 1.38. The summed E-state index contributed by atoms with van der Waals surface area (Å²) in [6.07, 6.45) is 0. The van der Waals surface area contributed by atoms with Crippen LogP contribution in [-0.2, 0) is 14.3 Å². The van der Waals surface area contributed by atoms with Gasteiger partial charge in [-0.05, 0) is 14.0 Å². The molecule has 3 rings (SSSR count). The number of dihydropyridines is 1. The van der Waals surface area contributed by atoms with Gasteiger partial charge in [0.15, 0.2) is 29.1 Å². The first-order chi connectivity index (χ1) is 13.1. The average Bonchev–Trinajstić information content (AvgIpc) is 2.63. The number of halogens is 5. The molecule has 0 saturated carbocycles. The Morgan fingerprint density at radius 1 is 1.04 bits per heavy atom. The SMILES string of the molecule is COC(=O)C1=C(C)NC2=C(C(=O)CN(C)C2)C1c1c(F)c(F)c(F)c(F)c1F. The maximum absolute atomic E-state index is 14.6. The van der Waals surface area contributed by atoms with Gasteiger partial charge in [-0.15, -0.1) is 0 Å². The number of hydrogen-bond donors (Lipinski definition) is 1. The maximum atomic E-state index is 14.6. The summed E-state index contributed by atoms with van der Waals surface area (Å²) in [7, 11) is 2.62. The van der Waals surface area contributed by atoms with Gasteiger partial charge >= 0.3 is 5.97 Å². The van der Waals surface area contributed by atoms with Gasteiger partial charge in [0, 0.05) is 29.1 Å². The smallest absolute Gasteiger partial charge is 0.336 e. The number of nitrogens with one attached hydrogen (secondary N) is 1. The second-order valence-corrected chi connectivity index (χ2v) is 6.56. The molecule has 0 radical (unpaired) electrons. The van der Waals surface area contributed by atoms with Crippen LogP contribution in [-0.4, -0.2) is 43.9 Å². The number of ketones is 1. The molecule has 0 fully saturated rings. The Kier molecular flexibility index (Phi) is 5.00. The third-order valence-electron chi connectivity index (χ3n) is 4.72. The lowest BCUT2D eigenvalue weighted by Crippen LogP contribution is -2.44. The summed E-state index contributed by atoms with van der Waals surface area (Å²) >= 11 is 0. The highest BCUT2D eigenvalue weighted by Crippen LogP contribution is 2.43. The Morgan fingerprint density at radius 2 is 1.57 bits per heavy atom. The molecular formula is C18H15F5N2O3. The lowest BCUT2D eigenvalue weighted by Gasteiger charge is -2.36. The highest BCUT2D eigenvalue weighted by Gasteiger charge is 2.44. The summed E-state index contributed by atoms with van der Waals surface area (Å²) in [6, 6.07) is 0. The molecule has 28 heavy (non-hydrogen) atoms. The van der Waals surface area contributed by atoms with Crippen LogP contribution in [0.4, 0.5) is 22.0 Å². The van der Waals surface area contributed by atoms with Crippen LogP contribution in [0, 0.1) is 29.1 Å². The molecular weight excluding hydrogens is 387 g/mol. The van der Waals surface area contributed by atoms with Crippen LogP contribution in [0.2, 0.25) is 0 Å². The van der Waals surface area contributed by atoms with E-state index in [0.717, 1.165) is 7.11 Å². The van der Waals surface area contributed by atoms with E-state index in [0.29, 0.717) is 0 Å². The summed E-state index contributed by atoms with van der Waals surface area (Å²) in [5.74, 6) is -14.3. The fourth-order valence-electron chi connectivity index (χ4n) is 3.55. The van der Waals surface area contributed by atoms with Gasteiger partial charge in [0.1, 0.15) is 0 Å². The average molecular weight is 402 g/mol. The lowest BCUT2D eigenvalue weighted by molar-refractivity contribution is -0.136. The Hall–Kier alpha value is -2.75. The Morgan fingerprint density at radius 3 is 2.11 bits per heavy atom. The highest BCUT2D eigenvalue weighted by molar-refractivity contribution is 6.04. The largest absolute Gasteiger partial charge is 0.466 e. The van der Waals surface area contributed by atoms with E-state index < -0.39 is 57.9 Å². The number of carbonyl (C=O) groups excluding carboxylic acids is 2. The zero-order valence-electron chi connectivity index (χ0n) is 15.1. The number of carbonyl (C=O) groups is 2. The van der Waals surface area contributed by atoms with Gasteiger partial charge in [-0.3, -0.25) is 9.69 Å². The predicted octanol–water partition coefficient (Wildman–Crippen LogP) is 2.28. The lowest BCUT2D eigenvalue weighted by atomic mass is 9.77. The van der Waals surface area contributed by atoms with Gasteiger partial charge in [-0.2, -0.15) is 0 Å². The Labute approximate surface area is 156 Å². The Balaban J connectivity index is 2.38. The van der Waals surface area contributed by atoms with E-state index in [1.807, 2.05) is 0 Å². The number of rotatable bonds is 2. The number of Topliss-reactive ketones (excluding diaryl/α,β-unsaturated/α-hetero) is 1. The minimum Gasteiger partial charge on any atom is -0.466 e. The molecule has 1 unspecified atom stereocenters. The third-order valence-corrected chi connectivity index (χ3v) is 4.72. The van der Waals surface area contributed by atoms with Crippen LogP contribution in [0.25, 0.3) is 0 Å². The molecule has 1 aromatic carbocycles. The van der Waals surface area contributed by atoms with Crippen molar-refractivity contribution < 1.29 is 36.3 Å². The number of hydrogen-bond acceptors (Lipinski definition) is 5. The topological polar surface area (TPSA) is 58.6 Å². The van der Waals surface area contributed by atoms with Crippen molar-refractivity contribution in [1.29, 1.82) is 0 Å². The third kappa shape index (κ3) is 2.88. The molecule has 1 N–H and O–H groups in total. The van der Waals surface area contributed by atoms with Crippen molar-refractivity contribution in [1.82, 2.24) is 10.2 Å². The molecule has 2 aliphatic heterocycles. The molecule has 1 atom stereocenters. The quantitative estimate of drug-likeness (QED) is 0.356. The van der Waals surface area contributed by atoms with Crippen LogP contribution in [0.5, 0.6) is 0 Å². The molecule has 1 aromatic rings. The fraction of sp³-hybridized carbons (Fsp3) is 0.333. The number of esters is 1. The molecule has 2 aliphatic rings. The van der Waals surface area contributed by atoms with Gasteiger partial charge in [-0.1, -0.05) is 0 Å². The van der Waals surface area contributed by atoms with Gasteiger partial charge in [0.2, 0.25) is 5.82 Å². The molecule has 0 saturated heterocycles. The van der Waals surface area contributed by atoms with Crippen molar-refractivity contribution >= 4 is 11.8 Å². The van der Waals surface area contributed by atoms with E-state index in [1.165, 1.54) is 6.92 Å². The maximum Gasteiger partial charge on any atom is 0.336 e. The van der Waals surface area contributed by atoms with Crippen LogP contribution < -0.4 is 5.32 Å². The molecule has 0 bridgehead atoms. The minimum absolute atomic E-state index is 0.0858. The van der Waals surface area contributed by atoms with Crippen molar-refractivity contribution in [2.75, 3.05) is 27.2 Å². The van der Waals surface area contributed by atoms with Crippen molar-refractivity contribution in [2.24, 2.45) is 0 Å². The van der Waals surface area contributed by atoms with E-state index >= 15 is 0 Å². The van der Waals surface area contributed by atoms with Crippen molar-refractivity contribution in [3.8, 4) is 0 Å². The van der Waals surface area contributed by atoms with E-state index in [-0.39, 0.29) is 30.1 Å². The van der Waals surface area contributed by atoms with E-state index in [2.05, 4.69) is 10.1 Å². The van der Waals surface area contributed by atoms with Crippen molar-refractivity contribution in [3.05, 3.63) is 57.2 Å². The number of benzene rings is 1. The second-order valence-electron chi connectivity index (χ2n) is 6.56. The van der Waals surface area contributed by atoms with Crippen LogP contribution in [0.1, 0.15) is 18.4 Å². The first-order valence-corrected chi connectivity index (χ1v) is 8.12. The minimum atomic E-state index is -2.32. The predicted molar refractivity (Wildman–Crippen MR) is 86.4 cm³/mol. The van der Waals surface area contributed by atoms with Gasteiger partial charge in [-0.25, -0.2) is 26.7 Å². The number of methoxy groups -OCH3 is 1. The number of allylic oxidation sites excluding steroid dienone is 1. The summed E-state index contributed by atoms with van der Waals surface area (Å²) in [5.41, 5.74) is -1.58. The van der Waals surface area contributed by atoms with E-state index in [4.69, 9.17) is 0 Å². The summed E-state index contributed by atoms with van der Waals surface area (Å²) in [5, 5.41) is 2.81. The monoisotopic (exact) mass is 402 g/mol. The standard InChI is InChI=1S/C18H15F5N2O3/c1-6-9(18(27)28-3)11(10-7(24-6)4-25(2)5-8(10)26)12-13(19)15(21)17(23)16(22)14(12)20/h11,24H,4-5H2,1-3H3. The molecule has 0 amide bonds. The highest BCUT2D eigenvalue weighted by atomic mass is 19.2. The van der Waals surface area contributed by atoms with E-state index in [1.54, 1.807) is 11.9 Å². The molecule has 5 nitrogen and oxygen atoms in total. The molecule has 0 aliphatic carbocycles. The van der Waals surface area contributed by atoms with Crippen molar-refractivity contribution in [3.63, 3.8) is 0 Å². The van der Waals surface area contributed by atoms with Crippen molar-refractivity contribution in [2.45, 2.75) is 12.8 Å². The van der Waals surface area contributed by atoms with Gasteiger partial charge in [0.25, 0.3) is 0 Å². The summed E-state index contributed by atoms with van der Waals surface area (Å²) < 4.78 is 74.9. The normalized spacial score (nSPS) is 20.3. The first-order valence-electron chi connectivity index (χ1n) is 8.12. The number of ether oxygens (including phenoxy) is 1. The fourth-order valence-corrected chi connectivity index (χ4v) is 3.55. The molecule has 0 aromatic heterocycles.